The summed E-state index contributed by atoms with van der Waals surface area (Å²) in [5.41, 5.74) is -1.39. The van der Waals surface area contributed by atoms with E-state index in [4.69, 9.17) is 11.6 Å². The number of rotatable bonds is 4. The first-order valence-corrected chi connectivity index (χ1v) is 9.70. The van der Waals surface area contributed by atoms with Gasteiger partial charge in [0.1, 0.15) is 6.54 Å². The third kappa shape index (κ3) is 5.51. The molecule has 1 aliphatic heterocycles. The van der Waals surface area contributed by atoms with Crippen LogP contribution in [-0.2, 0) is 30.2 Å². The minimum absolute atomic E-state index is 0.0468. The van der Waals surface area contributed by atoms with Crippen LogP contribution in [0, 0.1) is 6.92 Å². The molecule has 0 bridgehead atoms. The monoisotopic (exact) mass is 468 g/mol. The lowest BCUT2D eigenvalue weighted by atomic mass is 10.1. The normalized spacial score (nSPS) is 16.1. The Bertz CT molecular complexity index is 948. The number of amides is 1. The van der Waals surface area contributed by atoms with Crippen molar-refractivity contribution < 1.29 is 31.1 Å². The minimum Gasteiger partial charge on any atom is -0.339 e. The highest BCUT2D eigenvalue weighted by atomic mass is 35.5. The molecule has 1 aliphatic rings. The van der Waals surface area contributed by atoms with Crippen molar-refractivity contribution in [3.63, 3.8) is 0 Å². The van der Waals surface area contributed by atoms with Gasteiger partial charge in [-0.15, -0.1) is 0 Å². The molecule has 1 fully saturated rings. The van der Waals surface area contributed by atoms with E-state index >= 15 is 0 Å². The molecule has 0 N–H and O–H groups in total. The zero-order chi connectivity index (χ0) is 23.0. The van der Waals surface area contributed by atoms with Gasteiger partial charge in [0.05, 0.1) is 16.3 Å². The van der Waals surface area contributed by atoms with Gasteiger partial charge in [-0.2, -0.15) is 31.4 Å². The van der Waals surface area contributed by atoms with Gasteiger partial charge in [0.15, 0.2) is 5.69 Å². The van der Waals surface area contributed by atoms with Gasteiger partial charge in [0.25, 0.3) is 0 Å². The number of benzene rings is 1. The molecule has 0 atom stereocenters. The summed E-state index contributed by atoms with van der Waals surface area (Å²) < 4.78 is 78.3. The molecule has 1 saturated heterocycles. The Morgan fingerprint density at radius 2 is 1.71 bits per heavy atom. The molecule has 170 valence electrons. The SMILES string of the molecule is Cc1c(Cl)c(C(F)(F)F)nn1CC(=O)N1CCN(Cc2cccc(C(F)(F)F)c2)CC1. The summed E-state index contributed by atoms with van der Waals surface area (Å²) in [4.78, 5) is 15.9. The number of aromatic nitrogens is 2. The van der Waals surface area contributed by atoms with E-state index < -0.39 is 34.5 Å². The van der Waals surface area contributed by atoms with Gasteiger partial charge in [-0.05, 0) is 18.6 Å². The molecule has 0 spiro atoms. The van der Waals surface area contributed by atoms with Crippen molar-refractivity contribution in [2.24, 2.45) is 0 Å². The van der Waals surface area contributed by atoms with Gasteiger partial charge in [-0.25, -0.2) is 0 Å². The third-order valence-corrected chi connectivity index (χ3v) is 5.52. The van der Waals surface area contributed by atoms with Gasteiger partial charge in [-0.1, -0.05) is 29.8 Å². The Labute approximate surface area is 179 Å². The number of carbonyl (C=O) groups excluding carboxylic acids is 1. The van der Waals surface area contributed by atoms with Crippen molar-refractivity contribution in [3.8, 4) is 0 Å². The van der Waals surface area contributed by atoms with Crippen molar-refractivity contribution >= 4 is 17.5 Å². The molecule has 1 aromatic carbocycles. The second-order valence-corrected chi connectivity index (χ2v) is 7.64. The number of hydrogen-bond acceptors (Lipinski definition) is 3. The molecule has 0 aliphatic carbocycles. The van der Waals surface area contributed by atoms with Gasteiger partial charge in [0, 0.05) is 32.7 Å². The van der Waals surface area contributed by atoms with Gasteiger partial charge < -0.3 is 4.90 Å². The number of piperazine rings is 1. The molecule has 5 nitrogen and oxygen atoms in total. The van der Waals surface area contributed by atoms with Crippen molar-refractivity contribution in [1.82, 2.24) is 19.6 Å². The number of alkyl halides is 6. The van der Waals surface area contributed by atoms with Crippen LogP contribution in [0.1, 0.15) is 22.5 Å². The number of halogens is 7. The fourth-order valence-electron chi connectivity index (χ4n) is 3.35. The van der Waals surface area contributed by atoms with Crippen LogP contribution in [-0.4, -0.2) is 51.7 Å². The third-order valence-electron chi connectivity index (χ3n) is 5.07. The maximum atomic E-state index is 12.9. The van der Waals surface area contributed by atoms with E-state index in [-0.39, 0.29) is 12.2 Å². The summed E-state index contributed by atoms with van der Waals surface area (Å²) in [6.07, 6.45) is -9.13. The fraction of sp³-hybridized carbons (Fsp3) is 0.474. The van der Waals surface area contributed by atoms with Crippen LogP contribution in [0.3, 0.4) is 0 Å². The van der Waals surface area contributed by atoms with E-state index in [1.165, 1.54) is 17.9 Å². The fourth-order valence-corrected chi connectivity index (χ4v) is 3.59. The Morgan fingerprint density at radius 3 is 2.26 bits per heavy atom. The summed E-state index contributed by atoms with van der Waals surface area (Å²) in [5.74, 6) is -0.408. The molecule has 1 amide bonds. The molecule has 2 heterocycles. The zero-order valence-electron chi connectivity index (χ0n) is 16.4. The first-order valence-electron chi connectivity index (χ1n) is 9.32. The van der Waals surface area contributed by atoms with Crippen LogP contribution >= 0.6 is 11.6 Å². The van der Waals surface area contributed by atoms with Crippen LogP contribution in [0.15, 0.2) is 24.3 Å². The van der Waals surface area contributed by atoms with Crippen LogP contribution in [0.5, 0.6) is 0 Å². The molecule has 1 aromatic heterocycles. The first kappa shape index (κ1) is 23.4. The lowest BCUT2D eigenvalue weighted by Crippen LogP contribution is -2.49. The van der Waals surface area contributed by atoms with Crippen LogP contribution in [0.2, 0.25) is 5.02 Å². The van der Waals surface area contributed by atoms with Gasteiger partial charge in [0.2, 0.25) is 5.91 Å². The molecule has 12 heteroatoms. The van der Waals surface area contributed by atoms with Crippen molar-refractivity contribution in [1.29, 1.82) is 0 Å². The highest BCUT2D eigenvalue weighted by molar-refractivity contribution is 6.32. The standard InChI is InChI=1S/C19H19ClF6N4O/c1-12-16(20)17(19(24,25)26)27-30(12)11-15(31)29-7-5-28(6-8-29)10-13-3-2-4-14(9-13)18(21,22)23/h2-4,9H,5-8,10-11H2,1H3. The Morgan fingerprint density at radius 1 is 1.06 bits per heavy atom. The average molecular weight is 469 g/mol. The van der Waals surface area contributed by atoms with E-state index in [0.29, 0.717) is 38.3 Å². The van der Waals surface area contributed by atoms with E-state index in [2.05, 4.69) is 5.10 Å². The lowest BCUT2D eigenvalue weighted by molar-refractivity contribution is -0.142. The van der Waals surface area contributed by atoms with E-state index in [1.807, 2.05) is 4.90 Å². The smallest absolute Gasteiger partial charge is 0.339 e. The van der Waals surface area contributed by atoms with Crippen molar-refractivity contribution in [2.45, 2.75) is 32.4 Å². The quantitative estimate of drug-likeness (QED) is 0.631. The molecular weight excluding hydrogens is 450 g/mol. The minimum atomic E-state index is -4.72. The van der Waals surface area contributed by atoms with Gasteiger partial charge in [-0.3, -0.25) is 14.4 Å². The van der Waals surface area contributed by atoms with Gasteiger partial charge >= 0.3 is 12.4 Å². The first-order chi connectivity index (χ1) is 14.4. The van der Waals surface area contributed by atoms with Crippen LogP contribution in [0.4, 0.5) is 26.3 Å². The molecule has 31 heavy (non-hydrogen) atoms. The Kier molecular flexibility index (Phi) is 6.56. The van der Waals surface area contributed by atoms with E-state index in [0.717, 1.165) is 16.8 Å². The lowest BCUT2D eigenvalue weighted by Gasteiger charge is -2.35. The Hall–Kier alpha value is -2.27. The number of carbonyl (C=O) groups is 1. The van der Waals surface area contributed by atoms with E-state index in [9.17, 15) is 31.1 Å². The topological polar surface area (TPSA) is 41.4 Å². The Balaban J connectivity index is 1.57. The predicted molar refractivity (Wildman–Crippen MR) is 100 cm³/mol. The van der Waals surface area contributed by atoms with Crippen LogP contribution in [0.25, 0.3) is 0 Å². The summed E-state index contributed by atoms with van der Waals surface area (Å²) >= 11 is 5.70. The summed E-state index contributed by atoms with van der Waals surface area (Å²) in [6, 6.07) is 5.06. The molecule has 0 radical (unpaired) electrons. The maximum Gasteiger partial charge on any atom is 0.436 e. The summed E-state index contributed by atoms with van der Waals surface area (Å²) in [7, 11) is 0. The molecule has 3 rings (SSSR count). The summed E-state index contributed by atoms with van der Waals surface area (Å²) in [5, 5.41) is 2.89. The maximum absolute atomic E-state index is 12.9. The zero-order valence-corrected chi connectivity index (χ0v) is 17.2. The molecular formula is C19H19ClF6N4O. The van der Waals surface area contributed by atoms with E-state index in [1.54, 1.807) is 6.07 Å². The average Bonchev–Trinajstić information content (AvgIpc) is 2.97. The largest absolute Gasteiger partial charge is 0.436 e. The predicted octanol–water partition coefficient (Wildman–Crippen LogP) is 4.23. The second-order valence-electron chi connectivity index (χ2n) is 7.26. The highest BCUT2D eigenvalue weighted by Crippen LogP contribution is 2.35. The molecule has 0 saturated carbocycles. The highest BCUT2D eigenvalue weighted by Gasteiger charge is 2.38. The van der Waals surface area contributed by atoms with Crippen molar-refractivity contribution in [2.75, 3.05) is 26.2 Å². The number of hydrogen-bond donors (Lipinski definition) is 0. The number of nitrogens with zero attached hydrogens (tertiary/aromatic N) is 4. The van der Waals surface area contributed by atoms with Crippen molar-refractivity contribution in [3.05, 3.63) is 51.8 Å². The molecule has 0 unspecified atom stereocenters. The molecule has 2 aromatic rings. The summed E-state index contributed by atoms with van der Waals surface area (Å²) in [6.45, 7) is 2.73. The second kappa shape index (κ2) is 8.70. The van der Waals surface area contributed by atoms with Crippen LogP contribution < -0.4 is 0 Å².